The lowest BCUT2D eigenvalue weighted by Gasteiger charge is -2.22. The van der Waals surface area contributed by atoms with Gasteiger partial charge in [0.15, 0.2) is 0 Å². The molecule has 1 fully saturated rings. The molecule has 168 valence electrons. The molecular formula is C26H22F2N2O3. The van der Waals surface area contributed by atoms with Crippen LogP contribution >= 0.6 is 0 Å². The smallest absolute Gasteiger partial charge is 0.261 e. The van der Waals surface area contributed by atoms with Crippen LogP contribution in [0, 0.1) is 24.5 Å². The van der Waals surface area contributed by atoms with Gasteiger partial charge in [-0.05, 0) is 55.5 Å². The van der Waals surface area contributed by atoms with Crippen LogP contribution in [-0.4, -0.2) is 10.5 Å². The van der Waals surface area contributed by atoms with E-state index in [-0.39, 0.29) is 40.7 Å². The molecule has 4 aromatic rings. The summed E-state index contributed by atoms with van der Waals surface area (Å²) >= 11 is 0. The standard InChI is InChI=1S/C26H22F2N2O3/c1-15-22(25(31)29-24(17-8-9-17)18-4-2-5-19(27)12-18)20-6-3-7-21(28)23(20)26(32)30(15)13-16-10-11-33-14-16/h2-7,10-12,14,17,24H,8-9,13H2,1H3,(H,29,31). The quantitative estimate of drug-likeness (QED) is 0.446. The summed E-state index contributed by atoms with van der Waals surface area (Å²) in [6.07, 6.45) is 4.85. The van der Waals surface area contributed by atoms with E-state index in [1.54, 1.807) is 31.2 Å². The lowest BCUT2D eigenvalue weighted by Crippen LogP contribution is -2.34. The second-order valence-electron chi connectivity index (χ2n) is 8.49. The predicted molar refractivity (Wildman–Crippen MR) is 120 cm³/mol. The number of rotatable bonds is 6. The van der Waals surface area contributed by atoms with Crippen molar-refractivity contribution in [3.63, 3.8) is 0 Å². The van der Waals surface area contributed by atoms with E-state index in [0.717, 1.165) is 18.4 Å². The van der Waals surface area contributed by atoms with Crippen LogP contribution in [0.4, 0.5) is 8.78 Å². The van der Waals surface area contributed by atoms with Crippen LogP contribution in [0.5, 0.6) is 0 Å². The first-order chi connectivity index (χ1) is 15.9. The summed E-state index contributed by atoms with van der Waals surface area (Å²) in [5.74, 6) is -1.28. The number of amides is 1. The van der Waals surface area contributed by atoms with Gasteiger partial charge in [0, 0.05) is 16.6 Å². The van der Waals surface area contributed by atoms with Gasteiger partial charge in [0.25, 0.3) is 11.5 Å². The molecule has 0 saturated heterocycles. The number of halogens is 2. The molecule has 1 unspecified atom stereocenters. The fraction of sp³-hybridized carbons (Fsp3) is 0.231. The largest absolute Gasteiger partial charge is 0.472 e. The molecule has 0 aliphatic heterocycles. The van der Waals surface area contributed by atoms with Crippen molar-refractivity contribution in [2.45, 2.75) is 32.4 Å². The van der Waals surface area contributed by atoms with Crippen LogP contribution < -0.4 is 10.9 Å². The van der Waals surface area contributed by atoms with E-state index >= 15 is 0 Å². The Kier molecular flexibility index (Phi) is 5.32. The van der Waals surface area contributed by atoms with E-state index in [1.807, 2.05) is 0 Å². The molecule has 2 aromatic carbocycles. The zero-order chi connectivity index (χ0) is 23.1. The molecule has 5 rings (SSSR count). The van der Waals surface area contributed by atoms with Crippen molar-refractivity contribution in [3.8, 4) is 0 Å². The van der Waals surface area contributed by atoms with Crippen LogP contribution in [-0.2, 0) is 6.54 Å². The van der Waals surface area contributed by atoms with E-state index in [9.17, 15) is 18.4 Å². The Bertz CT molecular complexity index is 1410. The fourth-order valence-electron chi connectivity index (χ4n) is 4.43. The number of fused-ring (bicyclic) bond motifs is 1. The van der Waals surface area contributed by atoms with E-state index in [2.05, 4.69) is 5.32 Å². The van der Waals surface area contributed by atoms with Crippen LogP contribution in [0.3, 0.4) is 0 Å². The molecule has 7 heteroatoms. The van der Waals surface area contributed by atoms with Crippen molar-refractivity contribution >= 4 is 16.7 Å². The number of hydrogen-bond acceptors (Lipinski definition) is 3. The molecule has 0 radical (unpaired) electrons. The SMILES string of the molecule is Cc1c(C(=O)NC(c2cccc(F)c2)C2CC2)c2cccc(F)c2c(=O)n1Cc1ccoc1. The molecule has 2 aromatic heterocycles. The van der Waals surface area contributed by atoms with Gasteiger partial charge < -0.3 is 14.3 Å². The molecule has 0 bridgehead atoms. The highest BCUT2D eigenvalue weighted by atomic mass is 19.1. The first kappa shape index (κ1) is 21.1. The van der Waals surface area contributed by atoms with Crippen LogP contribution in [0.1, 0.15) is 46.1 Å². The average Bonchev–Trinajstić information content (AvgIpc) is 3.50. The average molecular weight is 448 g/mol. The lowest BCUT2D eigenvalue weighted by atomic mass is 9.99. The topological polar surface area (TPSA) is 64.2 Å². The van der Waals surface area contributed by atoms with Crippen LogP contribution in [0.2, 0.25) is 0 Å². The molecule has 0 spiro atoms. The third-order valence-corrected chi connectivity index (χ3v) is 6.24. The molecule has 5 nitrogen and oxygen atoms in total. The third kappa shape index (κ3) is 3.95. The Balaban J connectivity index is 1.62. The van der Waals surface area contributed by atoms with Crippen LogP contribution in [0.25, 0.3) is 10.8 Å². The molecule has 1 aliphatic carbocycles. The Morgan fingerprint density at radius 3 is 2.67 bits per heavy atom. The van der Waals surface area contributed by atoms with Gasteiger partial charge in [-0.1, -0.05) is 24.3 Å². The summed E-state index contributed by atoms with van der Waals surface area (Å²) in [6.45, 7) is 1.82. The number of pyridine rings is 1. The number of benzene rings is 2. The highest BCUT2D eigenvalue weighted by Gasteiger charge is 2.34. The first-order valence-corrected chi connectivity index (χ1v) is 10.8. The normalized spacial score (nSPS) is 14.4. The summed E-state index contributed by atoms with van der Waals surface area (Å²) in [5, 5.41) is 3.16. The number of aromatic nitrogens is 1. The summed E-state index contributed by atoms with van der Waals surface area (Å²) in [5.41, 5.74) is 1.55. The van der Waals surface area contributed by atoms with Gasteiger partial charge in [-0.2, -0.15) is 0 Å². The van der Waals surface area contributed by atoms with Crippen molar-refractivity contribution < 1.29 is 18.0 Å². The predicted octanol–water partition coefficient (Wildman–Crippen LogP) is 5.11. The molecule has 1 atom stereocenters. The molecule has 33 heavy (non-hydrogen) atoms. The highest BCUT2D eigenvalue weighted by molar-refractivity contribution is 6.08. The summed E-state index contributed by atoms with van der Waals surface area (Å²) in [6, 6.07) is 11.8. The lowest BCUT2D eigenvalue weighted by molar-refractivity contribution is 0.0931. The van der Waals surface area contributed by atoms with Gasteiger partial charge in [-0.15, -0.1) is 0 Å². The van der Waals surface area contributed by atoms with Crippen LogP contribution in [0.15, 0.2) is 70.3 Å². The summed E-state index contributed by atoms with van der Waals surface area (Å²) in [7, 11) is 0. The van der Waals surface area contributed by atoms with Crippen molar-refractivity contribution in [1.82, 2.24) is 9.88 Å². The number of hydrogen-bond donors (Lipinski definition) is 1. The molecule has 1 aliphatic rings. The summed E-state index contributed by atoms with van der Waals surface area (Å²) in [4.78, 5) is 26.8. The van der Waals surface area contributed by atoms with Crippen molar-refractivity contribution in [1.29, 1.82) is 0 Å². The maximum atomic E-state index is 14.8. The molecule has 1 N–H and O–H groups in total. The van der Waals surface area contributed by atoms with Gasteiger partial charge in [-0.25, -0.2) is 8.78 Å². The summed E-state index contributed by atoms with van der Waals surface area (Å²) < 4.78 is 35.1. The number of nitrogens with zero attached hydrogens (tertiary/aromatic N) is 1. The Morgan fingerprint density at radius 2 is 1.97 bits per heavy atom. The molecular weight excluding hydrogens is 426 g/mol. The van der Waals surface area contributed by atoms with E-state index < -0.39 is 17.3 Å². The van der Waals surface area contributed by atoms with Crippen molar-refractivity contribution in [2.75, 3.05) is 0 Å². The molecule has 2 heterocycles. The van der Waals surface area contributed by atoms with Gasteiger partial charge >= 0.3 is 0 Å². The number of nitrogens with one attached hydrogen (secondary N) is 1. The number of carbonyl (C=O) groups excluding carboxylic acids is 1. The minimum atomic E-state index is -0.684. The molecule has 1 saturated carbocycles. The van der Waals surface area contributed by atoms with Crippen molar-refractivity contribution in [3.05, 3.63) is 105 Å². The van der Waals surface area contributed by atoms with Gasteiger partial charge in [0.2, 0.25) is 0 Å². The van der Waals surface area contributed by atoms with E-state index in [4.69, 9.17) is 4.42 Å². The number of furan rings is 1. The Hall–Kier alpha value is -3.74. The van der Waals surface area contributed by atoms with Crippen molar-refractivity contribution in [2.24, 2.45) is 5.92 Å². The van der Waals surface area contributed by atoms with Gasteiger partial charge in [-0.3, -0.25) is 9.59 Å². The minimum absolute atomic E-state index is 0.134. The molecule has 1 amide bonds. The van der Waals surface area contributed by atoms with Gasteiger partial charge in [0.05, 0.1) is 36.1 Å². The first-order valence-electron chi connectivity index (χ1n) is 10.8. The van der Waals surface area contributed by atoms with E-state index in [0.29, 0.717) is 11.3 Å². The van der Waals surface area contributed by atoms with Gasteiger partial charge in [0.1, 0.15) is 11.6 Å². The van der Waals surface area contributed by atoms with E-state index in [1.165, 1.54) is 41.4 Å². The maximum absolute atomic E-state index is 14.8. The monoisotopic (exact) mass is 448 g/mol. The Morgan fingerprint density at radius 1 is 1.18 bits per heavy atom. The fourth-order valence-corrected chi connectivity index (χ4v) is 4.43. The zero-order valence-electron chi connectivity index (χ0n) is 18.0. The maximum Gasteiger partial charge on any atom is 0.261 e. The zero-order valence-corrected chi connectivity index (χ0v) is 18.0. The third-order valence-electron chi connectivity index (χ3n) is 6.24. The minimum Gasteiger partial charge on any atom is -0.472 e. The number of carbonyl (C=O) groups is 1. The Labute approximate surface area is 188 Å². The highest BCUT2D eigenvalue weighted by Crippen LogP contribution is 2.41. The second kappa shape index (κ2) is 8.31. The second-order valence-corrected chi connectivity index (χ2v) is 8.49.